The number of amides is 1. The van der Waals surface area contributed by atoms with Gasteiger partial charge in [-0.15, -0.1) is 0 Å². The smallest absolute Gasteiger partial charge is 0.222 e. The zero-order valence-corrected chi connectivity index (χ0v) is 11.7. The van der Waals surface area contributed by atoms with E-state index in [1.807, 2.05) is 11.9 Å². The first-order valence-electron chi connectivity index (χ1n) is 6.08. The van der Waals surface area contributed by atoms with Crippen LogP contribution in [0.15, 0.2) is 0 Å². The molecule has 3 nitrogen and oxygen atoms in total. The molecule has 0 aromatic heterocycles. The van der Waals surface area contributed by atoms with Crippen molar-refractivity contribution in [2.45, 2.75) is 45.1 Å². The molecule has 0 radical (unpaired) electrons. The van der Waals surface area contributed by atoms with Crippen LogP contribution in [0.1, 0.15) is 39.0 Å². The molecule has 0 rings (SSSR count). The van der Waals surface area contributed by atoms with E-state index in [1.165, 1.54) is 0 Å². The number of nitrogens with zero attached hydrogens (tertiary/aromatic N) is 1. The van der Waals surface area contributed by atoms with E-state index in [-0.39, 0.29) is 5.91 Å². The number of hydrogen-bond donors (Lipinski definition) is 1. The number of rotatable bonds is 9. The lowest BCUT2D eigenvalue weighted by molar-refractivity contribution is -0.131. The number of hydrogen-bond acceptors (Lipinski definition) is 3. The Morgan fingerprint density at radius 2 is 1.94 bits per heavy atom. The number of unbranched alkanes of at least 4 members (excludes halogenated alkanes) is 3. The Morgan fingerprint density at radius 1 is 1.31 bits per heavy atom. The van der Waals surface area contributed by atoms with Crippen molar-refractivity contribution in [2.75, 3.05) is 25.6 Å². The summed E-state index contributed by atoms with van der Waals surface area (Å²) < 4.78 is 0. The lowest BCUT2D eigenvalue weighted by Gasteiger charge is -2.24. The Labute approximate surface area is 104 Å². The van der Waals surface area contributed by atoms with Crippen molar-refractivity contribution >= 4 is 17.7 Å². The van der Waals surface area contributed by atoms with E-state index in [2.05, 4.69) is 13.2 Å². The van der Waals surface area contributed by atoms with Crippen LogP contribution in [0, 0.1) is 0 Å². The van der Waals surface area contributed by atoms with Gasteiger partial charge in [-0.05, 0) is 32.6 Å². The van der Waals surface area contributed by atoms with Gasteiger partial charge in [0.1, 0.15) is 0 Å². The van der Waals surface area contributed by atoms with Crippen molar-refractivity contribution < 1.29 is 4.79 Å². The predicted octanol–water partition coefficient (Wildman–Crippen LogP) is 2.11. The van der Waals surface area contributed by atoms with Crippen LogP contribution in [0.5, 0.6) is 0 Å². The van der Waals surface area contributed by atoms with Crippen molar-refractivity contribution in [3.8, 4) is 0 Å². The van der Waals surface area contributed by atoms with Gasteiger partial charge >= 0.3 is 0 Å². The third kappa shape index (κ3) is 7.12. The zero-order chi connectivity index (χ0) is 12.4. The van der Waals surface area contributed by atoms with Gasteiger partial charge < -0.3 is 10.6 Å². The van der Waals surface area contributed by atoms with Crippen molar-refractivity contribution in [1.82, 2.24) is 4.90 Å². The molecule has 96 valence electrons. The molecule has 0 saturated carbocycles. The van der Waals surface area contributed by atoms with E-state index >= 15 is 0 Å². The minimum Gasteiger partial charge on any atom is -0.342 e. The molecule has 1 amide bonds. The van der Waals surface area contributed by atoms with Gasteiger partial charge in [-0.3, -0.25) is 4.79 Å². The quantitative estimate of drug-likeness (QED) is 0.634. The Morgan fingerprint density at radius 3 is 2.50 bits per heavy atom. The predicted molar refractivity (Wildman–Crippen MR) is 72.8 cm³/mol. The molecule has 1 unspecified atom stereocenters. The molecule has 0 aliphatic rings. The van der Waals surface area contributed by atoms with Crippen LogP contribution in [0.3, 0.4) is 0 Å². The third-order valence-electron chi connectivity index (χ3n) is 2.81. The molecule has 0 fully saturated rings. The molecule has 0 heterocycles. The number of carbonyl (C=O) groups excluding carboxylic acids is 1. The van der Waals surface area contributed by atoms with Gasteiger partial charge in [-0.2, -0.15) is 11.8 Å². The lowest BCUT2D eigenvalue weighted by atomic mass is 10.1. The fourth-order valence-electron chi connectivity index (χ4n) is 1.55. The molecule has 1 atom stereocenters. The maximum atomic E-state index is 11.8. The fourth-order valence-corrected chi connectivity index (χ4v) is 2.26. The molecule has 0 spiro atoms. The molecule has 0 aromatic rings. The normalized spacial score (nSPS) is 12.5. The van der Waals surface area contributed by atoms with Crippen molar-refractivity contribution in [3.63, 3.8) is 0 Å². The second-order valence-electron chi connectivity index (χ2n) is 4.26. The largest absolute Gasteiger partial charge is 0.342 e. The Kier molecular flexibility index (Phi) is 9.83. The zero-order valence-electron chi connectivity index (χ0n) is 10.9. The van der Waals surface area contributed by atoms with E-state index in [4.69, 9.17) is 5.73 Å². The van der Waals surface area contributed by atoms with E-state index in [9.17, 15) is 4.79 Å². The minimum atomic E-state index is 0.272. The highest BCUT2D eigenvalue weighted by Gasteiger charge is 2.14. The molecule has 0 aromatic carbocycles. The summed E-state index contributed by atoms with van der Waals surface area (Å²) in [7, 11) is 1.91. The van der Waals surface area contributed by atoms with Gasteiger partial charge in [0, 0.05) is 25.3 Å². The molecule has 0 aliphatic carbocycles. The van der Waals surface area contributed by atoms with Gasteiger partial charge in [0.2, 0.25) is 5.91 Å². The number of nitrogens with two attached hydrogens (primary N) is 1. The van der Waals surface area contributed by atoms with Gasteiger partial charge in [0.15, 0.2) is 0 Å². The molecule has 2 N–H and O–H groups in total. The van der Waals surface area contributed by atoms with Crippen LogP contribution < -0.4 is 5.73 Å². The highest BCUT2D eigenvalue weighted by Crippen LogP contribution is 2.08. The highest BCUT2D eigenvalue weighted by molar-refractivity contribution is 7.98. The van der Waals surface area contributed by atoms with Crippen molar-refractivity contribution in [2.24, 2.45) is 5.73 Å². The minimum absolute atomic E-state index is 0.272. The summed E-state index contributed by atoms with van der Waals surface area (Å²) in [5.74, 6) is 1.28. The summed E-state index contributed by atoms with van der Waals surface area (Å²) in [5.41, 5.74) is 5.41. The lowest BCUT2D eigenvalue weighted by Crippen LogP contribution is -2.36. The van der Waals surface area contributed by atoms with Crippen LogP contribution in [0.25, 0.3) is 0 Å². The van der Waals surface area contributed by atoms with Crippen LogP contribution in [-0.4, -0.2) is 42.4 Å². The van der Waals surface area contributed by atoms with E-state index in [0.717, 1.165) is 38.0 Å². The summed E-state index contributed by atoms with van der Waals surface area (Å²) >= 11 is 1.78. The third-order valence-corrected chi connectivity index (χ3v) is 3.62. The van der Waals surface area contributed by atoms with E-state index in [0.29, 0.717) is 12.5 Å². The molecular formula is C12H26N2OS. The maximum Gasteiger partial charge on any atom is 0.222 e. The van der Waals surface area contributed by atoms with Crippen LogP contribution in [0.2, 0.25) is 0 Å². The van der Waals surface area contributed by atoms with Crippen molar-refractivity contribution in [3.05, 3.63) is 0 Å². The van der Waals surface area contributed by atoms with Crippen molar-refractivity contribution in [1.29, 1.82) is 0 Å². The molecule has 0 bridgehead atoms. The first-order valence-corrected chi connectivity index (χ1v) is 7.47. The molecule has 0 saturated heterocycles. The second kappa shape index (κ2) is 9.97. The summed E-state index contributed by atoms with van der Waals surface area (Å²) in [4.78, 5) is 13.7. The summed E-state index contributed by atoms with van der Waals surface area (Å²) in [6.45, 7) is 2.86. The monoisotopic (exact) mass is 246 g/mol. The van der Waals surface area contributed by atoms with Gasteiger partial charge in [0.05, 0.1) is 0 Å². The SMILES string of the molecule is CSCC(C)N(C)C(=O)CCCCCCN. The molecule has 4 heteroatoms. The first kappa shape index (κ1) is 15.8. The van der Waals surface area contributed by atoms with E-state index < -0.39 is 0 Å². The van der Waals surface area contributed by atoms with Gasteiger partial charge in [-0.1, -0.05) is 12.8 Å². The summed E-state index contributed by atoms with van der Waals surface area (Å²) in [5, 5.41) is 0. The Hall–Kier alpha value is -0.220. The first-order chi connectivity index (χ1) is 7.63. The van der Waals surface area contributed by atoms with Crippen LogP contribution in [0.4, 0.5) is 0 Å². The number of thioether (sulfide) groups is 1. The maximum absolute atomic E-state index is 11.8. The van der Waals surface area contributed by atoms with E-state index in [1.54, 1.807) is 11.8 Å². The second-order valence-corrected chi connectivity index (χ2v) is 5.17. The summed E-state index contributed by atoms with van der Waals surface area (Å²) in [6.07, 6.45) is 7.09. The average Bonchev–Trinajstić information content (AvgIpc) is 2.27. The Balaban J connectivity index is 3.62. The summed E-state index contributed by atoms with van der Waals surface area (Å²) in [6, 6.07) is 0.339. The molecule has 16 heavy (non-hydrogen) atoms. The average molecular weight is 246 g/mol. The standard InChI is InChI=1S/C12H26N2OS/c1-11(10-16-3)14(2)12(15)8-6-4-5-7-9-13/h11H,4-10,13H2,1-3H3. The topological polar surface area (TPSA) is 46.3 Å². The molecular weight excluding hydrogens is 220 g/mol. The highest BCUT2D eigenvalue weighted by atomic mass is 32.2. The fraction of sp³-hybridized carbons (Fsp3) is 0.917. The molecule has 0 aliphatic heterocycles. The van der Waals surface area contributed by atoms with Gasteiger partial charge in [0.25, 0.3) is 0 Å². The Bertz CT molecular complexity index is 188. The van der Waals surface area contributed by atoms with Gasteiger partial charge in [-0.25, -0.2) is 0 Å². The van der Waals surface area contributed by atoms with Crippen LogP contribution >= 0.6 is 11.8 Å². The van der Waals surface area contributed by atoms with Crippen LogP contribution in [-0.2, 0) is 4.79 Å². The number of carbonyl (C=O) groups is 1.